The van der Waals surface area contributed by atoms with Gasteiger partial charge in [0.25, 0.3) is 0 Å². The minimum absolute atomic E-state index is 0.308. The van der Waals surface area contributed by atoms with Crippen molar-refractivity contribution in [3.8, 4) is 0 Å². The summed E-state index contributed by atoms with van der Waals surface area (Å²) in [5.41, 5.74) is 2.44. The van der Waals surface area contributed by atoms with Crippen molar-refractivity contribution in [1.82, 2.24) is 0 Å². The molecule has 0 aliphatic carbocycles. The average Bonchev–Trinajstić information content (AvgIpc) is 2.49. The number of aliphatic hydroxyl groups excluding tert-OH is 1. The van der Waals surface area contributed by atoms with Crippen LogP contribution in [-0.4, -0.2) is 37.6 Å². The fraction of sp³-hybridized carbons (Fsp3) is 0.588. The topological polar surface area (TPSA) is 35.8 Å². The van der Waals surface area contributed by atoms with Gasteiger partial charge in [-0.2, -0.15) is 0 Å². The fourth-order valence-corrected chi connectivity index (χ4v) is 2.20. The largest absolute Gasteiger partial charge is 0.396 e. The molecule has 0 aromatic heterocycles. The van der Waals surface area contributed by atoms with Gasteiger partial charge in [-0.1, -0.05) is 25.0 Å². The van der Waals surface area contributed by atoms with E-state index in [2.05, 4.69) is 48.0 Å². The molecule has 0 bridgehead atoms. The third kappa shape index (κ3) is 6.20. The highest BCUT2D eigenvalue weighted by atomic mass is 16.2. The van der Waals surface area contributed by atoms with E-state index < -0.39 is 0 Å². The van der Waals surface area contributed by atoms with Gasteiger partial charge in [0.15, 0.2) is 0 Å². The van der Waals surface area contributed by atoms with Gasteiger partial charge in [-0.05, 0) is 44.4 Å². The fourth-order valence-electron chi connectivity index (χ4n) is 2.20. The van der Waals surface area contributed by atoms with E-state index in [1.807, 2.05) is 6.21 Å². The monoisotopic (exact) mass is 276 g/mol. The second kappa shape index (κ2) is 10.4. The summed E-state index contributed by atoms with van der Waals surface area (Å²) in [6.45, 7) is 7.62. The Hall–Kier alpha value is -1.35. The molecule has 0 atom stereocenters. The van der Waals surface area contributed by atoms with Crippen LogP contribution >= 0.6 is 0 Å². The first-order valence-corrected chi connectivity index (χ1v) is 7.77. The number of nitrogens with zero attached hydrogens (tertiary/aromatic N) is 2. The molecule has 112 valence electrons. The quantitative estimate of drug-likeness (QED) is 0.524. The molecule has 0 radical (unpaired) electrons. The second-order valence-corrected chi connectivity index (χ2v) is 4.94. The molecule has 1 rings (SSSR count). The van der Waals surface area contributed by atoms with E-state index in [0.717, 1.165) is 50.9 Å². The van der Waals surface area contributed by atoms with Crippen LogP contribution in [0.25, 0.3) is 0 Å². The highest BCUT2D eigenvalue weighted by Crippen LogP contribution is 2.14. The number of aliphatic imine (C=N–C) groups is 1. The maximum atomic E-state index is 8.68. The Kier molecular flexibility index (Phi) is 8.72. The molecule has 0 amide bonds. The number of benzene rings is 1. The van der Waals surface area contributed by atoms with Crippen molar-refractivity contribution >= 4 is 11.9 Å². The van der Waals surface area contributed by atoms with Gasteiger partial charge in [-0.15, -0.1) is 0 Å². The summed E-state index contributed by atoms with van der Waals surface area (Å²) in [4.78, 5) is 6.79. The van der Waals surface area contributed by atoms with E-state index in [1.165, 1.54) is 5.69 Å². The summed E-state index contributed by atoms with van der Waals surface area (Å²) < 4.78 is 0. The lowest BCUT2D eigenvalue weighted by Crippen LogP contribution is -2.21. The molecular formula is C17H28N2O. The van der Waals surface area contributed by atoms with Crippen LogP contribution < -0.4 is 4.90 Å². The van der Waals surface area contributed by atoms with Crippen molar-refractivity contribution in [3.05, 3.63) is 29.8 Å². The average molecular weight is 276 g/mol. The maximum absolute atomic E-state index is 8.68. The van der Waals surface area contributed by atoms with E-state index in [-0.39, 0.29) is 0 Å². The minimum Gasteiger partial charge on any atom is -0.396 e. The first-order valence-electron chi connectivity index (χ1n) is 7.77. The van der Waals surface area contributed by atoms with Crippen LogP contribution in [0.15, 0.2) is 29.3 Å². The molecule has 1 aromatic carbocycles. The number of hydrogen-bond donors (Lipinski definition) is 1. The molecule has 0 unspecified atom stereocenters. The van der Waals surface area contributed by atoms with Crippen LogP contribution in [0.3, 0.4) is 0 Å². The molecule has 3 nitrogen and oxygen atoms in total. The third-order valence-electron chi connectivity index (χ3n) is 3.46. The molecule has 0 fully saturated rings. The molecular weight excluding hydrogens is 248 g/mol. The normalized spacial score (nSPS) is 11.2. The molecule has 0 aliphatic rings. The lowest BCUT2D eigenvalue weighted by Gasteiger charge is -2.20. The Morgan fingerprint density at radius 3 is 2.25 bits per heavy atom. The molecule has 0 saturated carbocycles. The Labute approximate surface area is 123 Å². The standard InChI is InChI=1S/C17H28N2O/c1-3-19(4-2)17-11-9-16(10-12-17)15-18-13-7-5-6-8-14-20/h9-12,15,20H,3-8,13-14H2,1-2H3. The van der Waals surface area contributed by atoms with Crippen LogP contribution in [0.1, 0.15) is 45.1 Å². The third-order valence-corrected chi connectivity index (χ3v) is 3.46. The number of hydrogen-bond acceptors (Lipinski definition) is 3. The molecule has 0 aliphatic heterocycles. The smallest absolute Gasteiger partial charge is 0.0431 e. The Morgan fingerprint density at radius 1 is 1.00 bits per heavy atom. The zero-order valence-corrected chi connectivity index (χ0v) is 12.9. The highest BCUT2D eigenvalue weighted by Gasteiger charge is 2.00. The van der Waals surface area contributed by atoms with Gasteiger partial charge in [0.2, 0.25) is 0 Å². The van der Waals surface area contributed by atoms with E-state index in [0.29, 0.717) is 6.61 Å². The van der Waals surface area contributed by atoms with E-state index in [4.69, 9.17) is 5.11 Å². The molecule has 1 N–H and O–H groups in total. The SMILES string of the molecule is CCN(CC)c1ccc(C=NCCCCCCO)cc1. The number of aliphatic hydroxyl groups is 1. The van der Waals surface area contributed by atoms with Crippen LogP contribution in [0.5, 0.6) is 0 Å². The van der Waals surface area contributed by atoms with Crippen molar-refractivity contribution in [2.24, 2.45) is 4.99 Å². The molecule has 3 heteroatoms. The summed E-state index contributed by atoms with van der Waals surface area (Å²) in [6.07, 6.45) is 6.23. The molecule has 1 aromatic rings. The Morgan fingerprint density at radius 2 is 1.65 bits per heavy atom. The summed E-state index contributed by atoms with van der Waals surface area (Å²) in [6, 6.07) is 8.58. The van der Waals surface area contributed by atoms with Gasteiger partial charge in [-0.25, -0.2) is 0 Å². The Bertz CT molecular complexity index is 369. The van der Waals surface area contributed by atoms with Crippen LogP contribution in [-0.2, 0) is 0 Å². The molecule has 0 saturated heterocycles. The number of rotatable bonds is 10. The number of anilines is 1. The van der Waals surface area contributed by atoms with Crippen molar-refractivity contribution in [2.45, 2.75) is 39.5 Å². The van der Waals surface area contributed by atoms with E-state index in [9.17, 15) is 0 Å². The van der Waals surface area contributed by atoms with Gasteiger partial charge in [0.05, 0.1) is 0 Å². The predicted molar refractivity (Wildman–Crippen MR) is 88.0 cm³/mol. The second-order valence-electron chi connectivity index (χ2n) is 4.94. The van der Waals surface area contributed by atoms with Gasteiger partial charge in [-0.3, -0.25) is 4.99 Å². The first-order chi connectivity index (χ1) is 9.81. The first kappa shape index (κ1) is 16.7. The van der Waals surface area contributed by atoms with Crippen molar-refractivity contribution in [2.75, 3.05) is 31.1 Å². The number of unbranched alkanes of at least 4 members (excludes halogenated alkanes) is 3. The Balaban J connectivity index is 2.33. The molecule has 0 spiro atoms. The lowest BCUT2D eigenvalue weighted by molar-refractivity contribution is 0.282. The molecule has 20 heavy (non-hydrogen) atoms. The maximum Gasteiger partial charge on any atom is 0.0431 e. The minimum atomic E-state index is 0.308. The van der Waals surface area contributed by atoms with Crippen molar-refractivity contribution < 1.29 is 5.11 Å². The zero-order valence-electron chi connectivity index (χ0n) is 12.9. The van der Waals surface area contributed by atoms with Gasteiger partial charge in [0, 0.05) is 38.1 Å². The summed E-state index contributed by atoms with van der Waals surface area (Å²) in [5.74, 6) is 0. The lowest BCUT2D eigenvalue weighted by atomic mass is 10.2. The summed E-state index contributed by atoms with van der Waals surface area (Å²) in [7, 11) is 0. The van der Waals surface area contributed by atoms with Crippen molar-refractivity contribution in [1.29, 1.82) is 0 Å². The van der Waals surface area contributed by atoms with Gasteiger partial charge in [0.1, 0.15) is 0 Å². The summed E-state index contributed by atoms with van der Waals surface area (Å²) in [5, 5.41) is 8.68. The van der Waals surface area contributed by atoms with Crippen molar-refractivity contribution in [3.63, 3.8) is 0 Å². The van der Waals surface area contributed by atoms with Crippen LogP contribution in [0.4, 0.5) is 5.69 Å². The van der Waals surface area contributed by atoms with E-state index in [1.54, 1.807) is 0 Å². The van der Waals surface area contributed by atoms with Gasteiger partial charge >= 0.3 is 0 Å². The van der Waals surface area contributed by atoms with Crippen LogP contribution in [0, 0.1) is 0 Å². The van der Waals surface area contributed by atoms with E-state index >= 15 is 0 Å². The zero-order chi connectivity index (χ0) is 14.6. The predicted octanol–water partition coefficient (Wildman–Crippen LogP) is 3.50. The highest BCUT2D eigenvalue weighted by molar-refractivity contribution is 5.80. The van der Waals surface area contributed by atoms with Gasteiger partial charge < -0.3 is 10.0 Å². The summed E-state index contributed by atoms with van der Waals surface area (Å²) >= 11 is 0. The van der Waals surface area contributed by atoms with Crippen LogP contribution in [0.2, 0.25) is 0 Å². The molecule has 0 heterocycles.